The second-order valence-corrected chi connectivity index (χ2v) is 8.08. The quantitative estimate of drug-likeness (QED) is 0.765. The summed E-state index contributed by atoms with van der Waals surface area (Å²) < 4.78 is 1.03. The van der Waals surface area contributed by atoms with Crippen molar-refractivity contribution in [1.29, 1.82) is 0 Å². The smallest absolute Gasteiger partial charge is 0.0465 e. The van der Waals surface area contributed by atoms with Crippen molar-refractivity contribution in [1.82, 2.24) is 10.2 Å². The Labute approximate surface area is 142 Å². The summed E-state index contributed by atoms with van der Waals surface area (Å²) >= 11 is 9.89. The molecule has 1 aliphatic heterocycles. The first-order chi connectivity index (χ1) is 9.91. The highest BCUT2D eigenvalue weighted by molar-refractivity contribution is 9.10. The van der Waals surface area contributed by atoms with Gasteiger partial charge in [0.05, 0.1) is 0 Å². The molecule has 1 fully saturated rings. The Morgan fingerprint density at radius 2 is 2.19 bits per heavy atom. The van der Waals surface area contributed by atoms with Gasteiger partial charge in [-0.05, 0) is 55.6 Å². The maximum absolute atomic E-state index is 6.42. The fraction of sp³-hybridized carbons (Fsp3) is 0.647. The van der Waals surface area contributed by atoms with Crippen LogP contribution in [0.4, 0.5) is 0 Å². The van der Waals surface area contributed by atoms with Crippen molar-refractivity contribution in [2.75, 3.05) is 26.2 Å². The van der Waals surface area contributed by atoms with Gasteiger partial charge in [0.1, 0.15) is 0 Å². The van der Waals surface area contributed by atoms with Crippen molar-refractivity contribution >= 4 is 27.5 Å². The van der Waals surface area contributed by atoms with Crippen molar-refractivity contribution in [3.63, 3.8) is 0 Å². The highest BCUT2D eigenvalue weighted by atomic mass is 79.9. The largest absolute Gasteiger partial charge is 0.310 e. The predicted molar refractivity (Wildman–Crippen MR) is 95.0 cm³/mol. The molecule has 1 aromatic carbocycles. The number of nitrogens with zero attached hydrogens (tertiary/aromatic N) is 1. The molecular weight excluding hydrogens is 348 g/mol. The summed E-state index contributed by atoms with van der Waals surface area (Å²) in [6.07, 6.45) is 2.41. The van der Waals surface area contributed by atoms with E-state index in [2.05, 4.69) is 59.1 Å². The van der Waals surface area contributed by atoms with E-state index in [4.69, 9.17) is 11.6 Å². The molecule has 1 unspecified atom stereocenters. The molecule has 1 aromatic rings. The van der Waals surface area contributed by atoms with Gasteiger partial charge < -0.3 is 10.2 Å². The first-order valence-electron chi connectivity index (χ1n) is 7.82. The highest BCUT2D eigenvalue weighted by Gasteiger charge is 2.29. The maximum Gasteiger partial charge on any atom is 0.0465 e. The molecule has 2 nitrogen and oxygen atoms in total. The van der Waals surface area contributed by atoms with E-state index >= 15 is 0 Å². The van der Waals surface area contributed by atoms with Crippen molar-refractivity contribution < 1.29 is 0 Å². The normalized spacial score (nSPS) is 19.9. The molecule has 1 saturated heterocycles. The summed E-state index contributed by atoms with van der Waals surface area (Å²) in [4.78, 5) is 2.58. The lowest BCUT2D eigenvalue weighted by Crippen LogP contribution is -2.29. The second kappa shape index (κ2) is 7.45. The van der Waals surface area contributed by atoms with Gasteiger partial charge in [-0.3, -0.25) is 0 Å². The third kappa shape index (κ3) is 4.95. The van der Waals surface area contributed by atoms with Crippen molar-refractivity contribution in [3.8, 4) is 0 Å². The Bertz CT molecular complexity index is 476. The van der Waals surface area contributed by atoms with E-state index < -0.39 is 0 Å². The number of nitrogens with one attached hydrogen (secondary N) is 1. The van der Waals surface area contributed by atoms with E-state index in [9.17, 15) is 0 Å². The van der Waals surface area contributed by atoms with E-state index in [-0.39, 0.29) is 0 Å². The number of rotatable bonds is 6. The van der Waals surface area contributed by atoms with Crippen molar-refractivity contribution in [3.05, 3.63) is 33.3 Å². The monoisotopic (exact) mass is 372 g/mol. The van der Waals surface area contributed by atoms with Gasteiger partial charge in [0, 0.05) is 22.1 Å². The summed E-state index contributed by atoms with van der Waals surface area (Å²) in [5.41, 5.74) is 1.68. The van der Waals surface area contributed by atoms with Crippen LogP contribution in [0.3, 0.4) is 0 Å². The van der Waals surface area contributed by atoms with Crippen LogP contribution in [0.5, 0.6) is 0 Å². The molecule has 0 aliphatic carbocycles. The molecule has 0 spiro atoms. The molecule has 0 radical (unpaired) electrons. The van der Waals surface area contributed by atoms with Crippen LogP contribution < -0.4 is 5.32 Å². The van der Waals surface area contributed by atoms with Crippen molar-refractivity contribution in [2.45, 2.75) is 39.7 Å². The minimum atomic E-state index is 0.333. The standard InChI is InChI=1S/C17H26BrClN2/c1-4-20-16(14-6-5-13(18)11-15(14)19)7-9-21-10-8-17(2,3)12-21/h5-6,11,16,20H,4,7-10,12H2,1-3H3. The van der Waals surface area contributed by atoms with Crippen LogP contribution in [0.15, 0.2) is 22.7 Å². The summed E-state index contributed by atoms with van der Waals surface area (Å²) in [7, 11) is 0. The predicted octanol–water partition coefficient (Wildman–Crippen LogP) is 4.88. The van der Waals surface area contributed by atoms with Gasteiger partial charge in [0.2, 0.25) is 0 Å². The minimum Gasteiger partial charge on any atom is -0.310 e. The Balaban J connectivity index is 1.99. The first-order valence-corrected chi connectivity index (χ1v) is 8.99. The molecule has 21 heavy (non-hydrogen) atoms. The topological polar surface area (TPSA) is 15.3 Å². The Hall–Kier alpha value is -0.0900. The summed E-state index contributed by atoms with van der Waals surface area (Å²) in [5, 5.41) is 4.42. The molecule has 0 saturated carbocycles. The molecule has 118 valence electrons. The van der Waals surface area contributed by atoms with Crippen LogP contribution in [0.2, 0.25) is 5.02 Å². The van der Waals surface area contributed by atoms with Gasteiger partial charge in [-0.2, -0.15) is 0 Å². The van der Waals surface area contributed by atoms with Crippen LogP contribution in [0.1, 0.15) is 45.2 Å². The third-order valence-corrected chi connectivity index (χ3v) is 5.10. The van der Waals surface area contributed by atoms with E-state index in [0.29, 0.717) is 11.5 Å². The average Bonchev–Trinajstić information content (AvgIpc) is 2.75. The number of halogens is 2. The van der Waals surface area contributed by atoms with E-state index in [1.54, 1.807) is 0 Å². The fourth-order valence-corrected chi connectivity index (χ4v) is 3.93. The van der Waals surface area contributed by atoms with Crippen LogP contribution >= 0.6 is 27.5 Å². The molecule has 1 heterocycles. The van der Waals surface area contributed by atoms with Crippen LogP contribution in [-0.4, -0.2) is 31.1 Å². The van der Waals surface area contributed by atoms with Gasteiger partial charge >= 0.3 is 0 Å². The van der Waals surface area contributed by atoms with Crippen molar-refractivity contribution in [2.24, 2.45) is 5.41 Å². The van der Waals surface area contributed by atoms with Crippen LogP contribution in [0.25, 0.3) is 0 Å². The molecule has 0 bridgehead atoms. The molecule has 1 atom stereocenters. The molecule has 0 aromatic heterocycles. The molecule has 1 aliphatic rings. The van der Waals surface area contributed by atoms with Gasteiger partial charge in [-0.15, -0.1) is 0 Å². The van der Waals surface area contributed by atoms with Gasteiger partial charge in [0.25, 0.3) is 0 Å². The molecule has 1 N–H and O–H groups in total. The zero-order valence-corrected chi connectivity index (χ0v) is 15.6. The second-order valence-electron chi connectivity index (χ2n) is 6.76. The average molecular weight is 374 g/mol. The van der Waals surface area contributed by atoms with E-state index in [1.807, 2.05) is 6.07 Å². The fourth-order valence-electron chi connectivity index (χ4n) is 3.12. The molecule has 4 heteroatoms. The molecular formula is C17H26BrClN2. The van der Waals surface area contributed by atoms with Crippen LogP contribution in [0, 0.1) is 5.41 Å². The Morgan fingerprint density at radius 1 is 1.43 bits per heavy atom. The van der Waals surface area contributed by atoms with Gasteiger partial charge in [0.15, 0.2) is 0 Å². The minimum absolute atomic E-state index is 0.333. The lowest BCUT2D eigenvalue weighted by atomic mass is 9.93. The SMILES string of the molecule is CCNC(CCN1CCC(C)(C)C1)c1ccc(Br)cc1Cl. The Kier molecular flexibility index (Phi) is 6.13. The molecule has 2 rings (SSSR count). The summed E-state index contributed by atoms with van der Waals surface area (Å²) in [5.74, 6) is 0. The summed E-state index contributed by atoms with van der Waals surface area (Å²) in [6, 6.07) is 6.53. The first kappa shape index (κ1) is 17.3. The zero-order chi connectivity index (χ0) is 15.5. The molecule has 0 amide bonds. The highest BCUT2D eigenvalue weighted by Crippen LogP contribution is 2.31. The van der Waals surface area contributed by atoms with Gasteiger partial charge in [-0.25, -0.2) is 0 Å². The van der Waals surface area contributed by atoms with E-state index in [1.165, 1.54) is 25.1 Å². The number of benzene rings is 1. The lowest BCUT2D eigenvalue weighted by Gasteiger charge is -2.24. The number of hydrogen-bond acceptors (Lipinski definition) is 2. The van der Waals surface area contributed by atoms with Crippen LogP contribution in [-0.2, 0) is 0 Å². The Morgan fingerprint density at radius 3 is 2.76 bits per heavy atom. The lowest BCUT2D eigenvalue weighted by molar-refractivity contribution is 0.274. The number of likely N-dealkylation sites (tertiary alicyclic amines) is 1. The van der Waals surface area contributed by atoms with Gasteiger partial charge in [-0.1, -0.05) is 54.4 Å². The zero-order valence-electron chi connectivity index (χ0n) is 13.3. The summed E-state index contributed by atoms with van der Waals surface area (Å²) in [6.45, 7) is 11.4. The van der Waals surface area contributed by atoms with E-state index in [0.717, 1.165) is 29.0 Å². The number of hydrogen-bond donors (Lipinski definition) is 1. The third-order valence-electron chi connectivity index (χ3n) is 4.28. The maximum atomic E-state index is 6.42.